The molecule has 3 heteroatoms. The molecule has 2 rings (SSSR count). The topological polar surface area (TPSA) is 15.3 Å². The quantitative estimate of drug-likeness (QED) is 0.888. The molecule has 2 nitrogen and oxygen atoms in total. The summed E-state index contributed by atoms with van der Waals surface area (Å²) in [4.78, 5) is 2.39. The van der Waals surface area contributed by atoms with E-state index in [1.807, 2.05) is 7.05 Å². The van der Waals surface area contributed by atoms with Crippen molar-refractivity contribution in [3.63, 3.8) is 0 Å². The number of hydrogen-bond donors (Lipinski definition) is 1. The molecule has 0 unspecified atom stereocenters. The monoisotopic (exact) mass is 252 g/mol. The fourth-order valence-corrected chi connectivity index (χ4v) is 2.76. The molecular weight excluding hydrogens is 232 g/mol. The Balaban J connectivity index is 2.17. The van der Waals surface area contributed by atoms with Crippen LogP contribution in [0.15, 0.2) is 18.2 Å². The third-order valence-corrected chi connectivity index (χ3v) is 3.71. The first-order chi connectivity index (χ1) is 8.02. The second-order valence-electron chi connectivity index (χ2n) is 5.65. The Hall–Kier alpha value is -0.730. The zero-order valence-electron chi connectivity index (χ0n) is 10.9. The summed E-state index contributed by atoms with van der Waals surface area (Å²) < 4.78 is 0. The number of rotatable bonds is 3. The van der Waals surface area contributed by atoms with Gasteiger partial charge in [-0.25, -0.2) is 0 Å². The van der Waals surface area contributed by atoms with Crippen molar-refractivity contribution in [3.05, 3.63) is 28.8 Å². The van der Waals surface area contributed by atoms with Crippen LogP contribution in [0.25, 0.3) is 0 Å². The van der Waals surface area contributed by atoms with Crippen LogP contribution in [0, 0.1) is 5.41 Å². The third-order valence-electron chi connectivity index (χ3n) is 3.41. The van der Waals surface area contributed by atoms with Crippen molar-refractivity contribution in [2.45, 2.75) is 26.8 Å². The second kappa shape index (κ2) is 4.87. The average molecular weight is 253 g/mol. The standard InChI is InChI=1S/C14H21ClN2/c1-14(2)6-7-17(10-14)13-5-4-11(9-16-3)8-12(13)15/h4-5,8,16H,6-7,9-10H2,1-3H3. The SMILES string of the molecule is CNCc1ccc(N2CCC(C)(C)C2)c(Cl)c1. The highest BCUT2D eigenvalue weighted by molar-refractivity contribution is 6.33. The summed E-state index contributed by atoms with van der Waals surface area (Å²) in [7, 11) is 1.95. The Labute approximate surface area is 109 Å². The molecule has 1 fully saturated rings. The third kappa shape index (κ3) is 2.93. The maximum absolute atomic E-state index is 6.37. The first-order valence-corrected chi connectivity index (χ1v) is 6.58. The summed E-state index contributed by atoms with van der Waals surface area (Å²) in [6, 6.07) is 6.37. The van der Waals surface area contributed by atoms with Crippen molar-refractivity contribution >= 4 is 17.3 Å². The molecular formula is C14H21ClN2. The van der Waals surface area contributed by atoms with E-state index in [-0.39, 0.29) is 0 Å². The Morgan fingerprint density at radius 1 is 1.41 bits per heavy atom. The molecule has 1 aliphatic heterocycles. The van der Waals surface area contributed by atoms with Crippen molar-refractivity contribution in [2.24, 2.45) is 5.41 Å². The number of nitrogens with zero attached hydrogens (tertiary/aromatic N) is 1. The molecule has 0 amide bonds. The average Bonchev–Trinajstić information content (AvgIpc) is 2.59. The summed E-state index contributed by atoms with van der Waals surface area (Å²) in [5.74, 6) is 0. The summed E-state index contributed by atoms with van der Waals surface area (Å²) >= 11 is 6.37. The van der Waals surface area contributed by atoms with Crippen molar-refractivity contribution in [1.82, 2.24) is 5.32 Å². The van der Waals surface area contributed by atoms with Gasteiger partial charge in [-0.15, -0.1) is 0 Å². The van der Waals surface area contributed by atoms with Crippen LogP contribution < -0.4 is 10.2 Å². The van der Waals surface area contributed by atoms with E-state index < -0.39 is 0 Å². The lowest BCUT2D eigenvalue weighted by Gasteiger charge is -2.23. The molecule has 0 saturated carbocycles. The van der Waals surface area contributed by atoms with E-state index in [9.17, 15) is 0 Å². The van der Waals surface area contributed by atoms with E-state index in [4.69, 9.17) is 11.6 Å². The highest BCUT2D eigenvalue weighted by Crippen LogP contribution is 2.36. The van der Waals surface area contributed by atoms with Crippen molar-refractivity contribution in [3.8, 4) is 0 Å². The summed E-state index contributed by atoms with van der Waals surface area (Å²) in [6.45, 7) is 7.70. The zero-order chi connectivity index (χ0) is 12.5. The summed E-state index contributed by atoms with van der Waals surface area (Å²) in [5.41, 5.74) is 2.82. The normalized spacial score (nSPS) is 18.7. The number of benzene rings is 1. The first-order valence-electron chi connectivity index (χ1n) is 6.20. The molecule has 1 heterocycles. The van der Waals surface area contributed by atoms with Crippen molar-refractivity contribution in [1.29, 1.82) is 0 Å². The lowest BCUT2D eigenvalue weighted by atomic mass is 9.93. The van der Waals surface area contributed by atoms with E-state index in [0.29, 0.717) is 5.41 Å². The zero-order valence-corrected chi connectivity index (χ0v) is 11.6. The minimum Gasteiger partial charge on any atom is -0.370 e. The smallest absolute Gasteiger partial charge is 0.0642 e. The Kier molecular flexibility index (Phi) is 3.64. The Bertz CT molecular complexity index is 401. The van der Waals surface area contributed by atoms with Crippen LogP contribution in [0.3, 0.4) is 0 Å². The van der Waals surface area contributed by atoms with Crippen molar-refractivity contribution in [2.75, 3.05) is 25.0 Å². The van der Waals surface area contributed by atoms with Gasteiger partial charge in [0, 0.05) is 19.6 Å². The molecule has 94 valence electrons. The molecule has 1 saturated heterocycles. The largest absolute Gasteiger partial charge is 0.370 e. The van der Waals surface area contributed by atoms with Crippen LogP contribution in [0.4, 0.5) is 5.69 Å². The number of anilines is 1. The van der Waals surface area contributed by atoms with Crippen LogP contribution in [-0.4, -0.2) is 20.1 Å². The Morgan fingerprint density at radius 2 is 2.18 bits per heavy atom. The molecule has 0 spiro atoms. The van der Waals surface area contributed by atoms with Crippen LogP contribution in [0.5, 0.6) is 0 Å². The molecule has 1 N–H and O–H groups in total. The van der Waals surface area contributed by atoms with Gasteiger partial charge < -0.3 is 10.2 Å². The number of nitrogens with one attached hydrogen (secondary N) is 1. The lowest BCUT2D eigenvalue weighted by Crippen LogP contribution is -2.23. The molecule has 0 radical (unpaired) electrons. The highest BCUT2D eigenvalue weighted by Gasteiger charge is 2.30. The lowest BCUT2D eigenvalue weighted by molar-refractivity contribution is 0.418. The van der Waals surface area contributed by atoms with Crippen LogP contribution in [-0.2, 0) is 6.54 Å². The Morgan fingerprint density at radius 3 is 2.71 bits per heavy atom. The summed E-state index contributed by atoms with van der Waals surface area (Å²) in [6.07, 6.45) is 1.24. The van der Waals surface area contributed by atoms with E-state index in [0.717, 1.165) is 24.7 Å². The predicted molar refractivity (Wildman–Crippen MR) is 74.8 cm³/mol. The molecule has 1 aromatic carbocycles. The molecule has 0 aromatic heterocycles. The maximum atomic E-state index is 6.37. The van der Waals surface area contributed by atoms with Gasteiger partial charge in [-0.05, 0) is 36.6 Å². The fourth-order valence-electron chi connectivity index (χ4n) is 2.44. The van der Waals surface area contributed by atoms with Gasteiger partial charge in [-0.1, -0.05) is 31.5 Å². The van der Waals surface area contributed by atoms with Crippen molar-refractivity contribution < 1.29 is 0 Å². The summed E-state index contributed by atoms with van der Waals surface area (Å²) in [5, 5.41) is 4.01. The highest BCUT2D eigenvalue weighted by atomic mass is 35.5. The van der Waals surface area contributed by atoms with E-state index in [1.54, 1.807) is 0 Å². The maximum Gasteiger partial charge on any atom is 0.0642 e. The van der Waals surface area contributed by atoms with E-state index in [1.165, 1.54) is 17.7 Å². The molecule has 1 aliphatic rings. The molecule has 0 bridgehead atoms. The minimum absolute atomic E-state index is 0.410. The second-order valence-corrected chi connectivity index (χ2v) is 6.06. The van der Waals surface area contributed by atoms with Gasteiger partial charge in [0.05, 0.1) is 10.7 Å². The fraction of sp³-hybridized carbons (Fsp3) is 0.571. The van der Waals surface area contributed by atoms with Gasteiger partial charge in [-0.3, -0.25) is 0 Å². The van der Waals surface area contributed by atoms with Gasteiger partial charge in [0.2, 0.25) is 0 Å². The molecule has 17 heavy (non-hydrogen) atoms. The van der Waals surface area contributed by atoms with Gasteiger partial charge >= 0.3 is 0 Å². The predicted octanol–water partition coefficient (Wildman–Crippen LogP) is 3.30. The van der Waals surface area contributed by atoms with Gasteiger partial charge in [0.25, 0.3) is 0 Å². The van der Waals surface area contributed by atoms with Crippen LogP contribution in [0.2, 0.25) is 5.02 Å². The van der Waals surface area contributed by atoms with Gasteiger partial charge in [-0.2, -0.15) is 0 Å². The van der Waals surface area contributed by atoms with E-state index in [2.05, 4.69) is 42.3 Å². The first kappa shape index (κ1) is 12.7. The van der Waals surface area contributed by atoms with Gasteiger partial charge in [0.15, 0.2) is 0 Å². The van der Waals surface area contributed by atoms with Gasteiger partial charge in [0.1, 0.15) is 0 Å². The van der Waals surface area contributed by atoms with Crippen LogP contribution >= 0.6 is 11.6 Å². The van der Waals surface area contributed by atoms with E-state index >= 15 is 0 Å². The number of hydrogen-bond acceptors (Lipinski definition) is 2. The number of halogens is 1. The molecule has 0 aliphatic carbocycles. The molecule has 0 atom stereocenters. The molecule has 1 aromatic rings. The van der Waals surface area contributed by atoms with Crippen LogP contribution in [0.1, 0.15) is 25.8 Å². The minimum atomic E-state index is 0.410.